The van der Waals surface area contributed by atoms with Crippen LogP contribution in [0.3, 0.4) is 0 Å². The summed E-state index contributed by atoms with van der Waals surface area (Å²) in [5.74, 6) is 0.703. The molecule has 0 spiro atoms. The van der Waals surface area contributed by atoms with Crippen molar-refractivity contribution in [1.29, 1.82) is 0 Å². The smallest absolute Gasteiger partial charge is 0.245 e. The zero-order chi connectivity index (χ0) is 10.7. The van der Waals surface area contributed by atoms with Crippen LogP contribution in [0.5, 0.6) is 0 Å². The van der Waals surface area contributed by atoms with Crippen molar-refractivity contribution in [3.05, 3.63) is 0 Å². The highest BCUT2D eigenvalue weighted by molar-refractivity contribution is 7.80. The number of rotatable bonds is 4. The molecule has 0 aliphatic rings. The second kappa shape index (κ2) is 4.32. The van der Waals surface area contributed by atoms with Crippen molar-refractivity contribution >= 4 is 23.2 Å². The van der Waals surface area contributed by atoms with Gasteiger partial charge < -0.3 is 10.6 Å². The summed E-state index contributed by atoms with van der Waals surface area (Å²) in [7, 11) is 3.70. The summed E-state index contributed by atoms with van der Waals surface area (Å²) in [6, 6.07) is 0.192. The maximum atomic E-state index is 5.47. The van der Waals surface area contributed by atoms with Crippen LogP contribution in [0.1, 0.15) is 13.3 Å². The molecule has 0 saturated carbocycles. The van der Waals surface area contributed by atoms with Gasteiger partial charge >= 0.3 is 0 Å². The SMILES string of the molecule is CC(CC(N)=S)N(C)c1nnnn1C. The Morgan fingerprint density at radius 3 is 2.79 bits per heavy atom. The van der Waals surface area contributed by atoms with Gasteiger partial charge in [-0.3, -0.25) is 0 Å². The van der Waals surface area contributed by atoms with E-state index in [1.807, 2.05) is 18.9 Å². The van der Waals surface area contributed by atoms with Gasteiger partial charge in [0.1, 0.15) is 0 Å². The quantitative estimate of drug-likeness (QED) is 0.694. The van der Waals surface area contributed by atoms with Gasteiger partial charge in [-0.2, -0.15) is 0 Å². The zero-order valence-electron chi connectivity index (χ0n) is 8.51. The Morgan fingerprint density at radius 1 is 1.71 bits per heavy atom. The molecule has 1 rings (SSSR count). The average Bonchev–Trinajstić information content (AvgIpc) is 2.48. The largest absolute Gasteiger partial charge is 0.393 e. The van der Waals surface area contributed by atoms with Crippen LogP contribution in [0.25, 0.3) is 0 Å². The third-order valence-electron chi connectivity index (χ3n) is 2.07. The van der Waals surface area contributed by atoms with Gasteiger partial charge in [0.15, 0.2) is 0 Å². The maximum Gasteiger partial charge on any atom is 0.245 e. The molecule has 0 amide bonds. The van der Waals surface area contributed by atoms with Crippen molar-refractivity contribution < 1.29 is 0 Å². The summed E-state index contributed by atoms with van der Waals surface area (Å²) < 4.78 is 1.61. The molecule has 1 heterocycles. The zero-order valence-corrected chi connectivity index (χ0v) is 9.32. The lowest BCUT2D eigenvalue weighted by molar-refractivity contribution is 0.650. The van der Waals surface area contributed by atoms with Crippen molar-refractivity contribution in [3.63, 3.8) is 0 Å². The van der Waals surface area contributed by atoms with E-state index in [0.29, 0.717) is 17.4 Å². The minimum absolute atomic E-state index is 0.192. The predicted molar refractivity (Wildman–Crippen MR) is 58.1 cm³/mol. The lowest BCUT2D eigenvalue weighted by Crippen LogP contribution is -2.34. The molecule has 0 bridgehead atoms. The molecule has 0 fully saturated rings. The molecule has 14 heavy (non-hydrogen) atoms. The van der Waals surface area contributed by atoms with Crippen LogP contribution in [-0.2, 0) is 7.05 Å². The Balaban J connectivity index is 2.70. The maximum absolute atomic E-state index is 5.47. The molecule has 6 nitrogen and oxygen atoms in total. The number of aryl methyl sites for hydroxylation is 1. The van der Waals surface area contributed by atoms with E-state index in [9.17, 15) is 0 Å². The number of nitrogens with two attached hydrogens (primary N) is 1. The van der Waals surface area contributed by atoms with Crippen molar-refractivity contribution in [3.8, 4) is 0 Å². The summed E-state index contributed by atoms with van der Waals surface area (Å²) >= 11 is 4.85. The molecular weight excluding hydrogens is 200 g/mol. The normalized spacial score (nSPS) is 12.5. The third-order valence-corrected chi connectivity index (χ3v) is 2.24. The van der Waals surface area contributed by atoms with Crippen molar-refractivity contribution in [2.75, 3.05) is 11.9 Å². The minimum Gasteiger partial charge on any atom is -0.393 e. The van der Waals surface area contributed by atoms with Gasteiger partial charge in [-0.25, -0.2) is 4.68 Å². The first-order chi connectivity index (χ1) is 6.52. The number of hydrogen-bond donors (Lipinski definition) is 1. The Kier molecular flexibility index (Phi) is 3.34. The fourth-order valence-electron chi connectivity index (χ4n) is 1.15. The Bertz CT molecular complexity index is 322. The topological polar surface area (TPSA) is 72.9 Å². The number of aromatic nitrogens is 4. The molecule has 0 radical (unpaired) electrons. The molecule has 0 aliphatic carbocycles. The molecule has 78 valence electrons. The second-order valence-corrected chi connectivity index (χ2v) is 3.76. The highest BCUT2D eigenvalue weighted by atomic mass is 32.1. The number of anilines is 1. The van der Waals surface area contributed by atoms with E-state index in [0.717, 1.165) is 0 Å². The standard InChI is InChI=1S/C7H14N6S/c1-5(4-6(8)14)12(2)7-9-10-11-13(7)3/h5H,4H2,1-3H3,(H2,8,14). The summed E-state index contributed by atoms with van der Waals surface area (Å²) in [6.45, 7) is 2.02. The molecule has 1 aromatic rings. The highest BCUT2D eigenvalue weighted by Crippen LogP contribution is 2.10. The van der Waals surface area contributed by atoms with Gasteiger partial charge in [-0.05, 0) is 17.4 Å². The van der Waals surface area contributed by atoms with Crippen LogP contribution in [0, 0.1) is 0 Å². The molecular formula is C7H14N6S. The van der Waals surface area contributed by atoms with Crippen LogP contribution in [0.2, 0.25) is 0 Å². The summed E-state index contributed by atoms with van der Waals surface area (Å²) in [6.07, 6.45) is 0.651. The minimum atomic E-state index is 0.192. The number of tetrazole rings is 1. The molecule has 1 atom stereocenters. The van der Waals surface area contributed by atoms with Gasteiger partial charge in [0, 0.05) is 26.6 Å². The summed E-state index contributed by atoms with van der Waals surface area (Å²) in [5.41, 5.74) is 5.47. The van der Waals surface area contributed by atoms with Crippen LogP contribution in [0.15, 0.2) is 0 Å². The third kappa shape index (κ3) is 2.38. The summed E-state index contributed by atoms with van der Waals surface area (Å²) in [4.78, 5) is 2.44. The monoisotopic (exact) mass is 214 g/mol. The van der Waals surface area contributed by atoms with Gasteiger partial charge in [0.25, 0.3) is 0 Å². The van der Waals surface area contributed by atoms with E-state index < -0.39 is 0 Å². The highest BCUT2D eigenvalue weighted by Gasteiger charge is 2.15. The second-order valence-electron chi connectivity index (χ2n) is 3.23. The Labute approximate surface area is 88.1 Å². The van der Waals surface area contributed by atoms with E-state index in [-0.39, 0.29) is 6.04 Å². The van der Waals surface area contributed by atoms with E-state index in [2.05, 4.69) is 15.5 Å². The average molecular weight is 214 g/mol. The predicted octanol–water partition coefficient (Wildman–Crippen LogP) is -0.289. The van der Waals surface area contributed by atoms with Crippen molar-refractivity contribution in [2.24, 2.45) is 12.8 Å². The fourth-order valence-corrected chi connectivity index (χ4v) is 1.39. The fraction of sp³-hybridized carbons (Fsp3) is 0.714. The van der Waals surface area contributed by atoms with Crippen LogP contribution in [-0.4, -0.2) is 38.3 Å². The summed E-state index contributed by atoms with van der Waals surface area (Å²) in [5, 5.41) is 11.2. The molecule has 1 aromatic heterocycles. The molecule has 0 saturated heterocycles. The lowest BCUT2D eigenvalue weighted by atomic mass is 10.2. The van der Waals surface area contributed by atoms with E-state index in [1.54, 1.807) is 11.7 Å². The van der Waals surface area contributed by atoms with E-state index in [1.165, 1.54) is 0 Å². The van der Waals surface area contributed by atoms with Gasteiger partial charge in [0.05, 0.1) is 4.99 Å². The number of hydrogen-bond acceptors (Lipinski definition) is 5. The first-order valence-corrected chi connectivity index (χ1v) is 4.66. The van der Waals surface area contributed by atoms with Gasteiger partial charge in [-0.1, -0.05) is 17.3 Å². The van der Waals surface area contributed by atoms with Crippen molar-refractivity contribution in [1.82, 2.24) is 20.2 Å². The van der Waals surface area contributed by atoms with Crippen LogP contribution >= 0.6 is 12.2 Å². The van der Waals surface area contributed by atoms with E-state index in [4.69, 9.17) is 18.0 Å². The van der Waals surface area contributed by atoms with Gasteiger partial charge in [0.2, 0.25) is 5.95 Å². The number of thiocarbonyl (C=S) groups is 1. The number of nitrogens with zero attached hydrogens (tertiary/aromatic N) is 5. The Hall–Kier alpha value is -1.24. The van der Waals surface area contributed by atoms with Gasteiger partial charge in [-0.15, -0.1) is 0 Å². The van der Waals surface area contributed by atoms with Crippen LogP contribution < -0.4 is 10.6 Å². The molecule has 7 heteroatoms. The molecule has 0 aromatic carbocycles. The Morgan fingerprint density at radius 2 is 2.36 bits per heavy atom. The first kappa shape index (κ1) is 10.8. The molecule has 2 N–H and O–H groups in total. The molecule has 0 aliphatic heterocycles. The van der Waals surface area contributed by atoms with E-state index >= 15 is 0 Å². The van der Waals surface area contributed by atoms with Crippen LogP contribution in [0.4, 0.5) is 5.95 Å². The lowest BCUT2D eigenvalue weighted by Gasteiger charge is -2.23. The van der Waals surface area contributed by atoms with Crippen molar-refractivity contribution in [2.45, 2.75) is 19.4 Å². The first-order valence-electron chi connectivity index (χ1n) is 4.26. The molecule has 1 unspecified atom stereocenters.